The smallest absolute Gasteiger partial charge is 0.462 e. The van der Waals surface area contributed by atoms with Crippen molar-refractivity contribution in [2.75, 3.05) is 39.6 Å². The van der Waals surface area contributed by atoms with Gasteiger partial charge in [0.1, 0.15) is 19.3 Å². The molecule has 5 unspecified atom stereocenters. The Hall–Kier alpha value is -5.32. The summed E-state index contributed by atoms with van der Waals surface area (Å²) in [4.78, 5) is 72.8. The van der Waals surface area contributed by atoms with E-state index in [1.165, 1.54) is 32.1 Å². The standard InChI is InChI=1S/C83H136O17P2/c1-5-9-13-17-21-25-29-32-34-36-38-40-42-45-48-51-55-59-63-67-80(85)93-73-78(99-82(87)69-65-61-57-53-47-28-24-20-16-12-8-4)75-97-101(89,90)95-71-77(84)72-96-102(91,92)98-76-79(100-83(88)70-66-62-58-54-50-44-31-27-23-19-15-11-7-3)74-94-81(86)68-64-60-56-52-49-46-43-41-39-37-35-33-30-26-22-18-14-10-6-2/h9-10,13-14,20-22,24-27,31-35,38-41,45-46,48-49,55,59,77-79,84H,5-8,11-12,15-19,23,28-30,36-37,42-44,47,50-54,56-58,60-76H2,1-4H3,(H,89,90)(H,91,92)/b13-9-,14-10-,24-20-,25-21-,26-22-,31-27-,34-32-,35-33-,40-38-,41-39-,48-45-,49-46-,59-55-. The van der Waals surface area contributed by atoms with Crippen LogP contribution in [0.5, 0.6) is 0 Å². The minimum absolute atomic E-state index is 0.0297. The summed E-state index contributed by atoms with van der Waals surface area (Å²) in [6.07, 6.45) is 85.4. The Kier molecular flexibility index (Phi) is 70.1. The van der Waals surface area contributed by atoms with Gasteiger partial charge in [-0.3, -0.25) is 37.3 Å². The summed E-state index contributed by atoms with van der Waals surface area (Å²) in [6.45, 7) is 4.43. The Morgan fingerprint density at radius 2 is 0.539 bits per heavy atom. The summed E-state index contributed by atoms with van der Waals surface area (Å²) in [7, 11) is -9.99. The first-order valence-corrected chi connectivity index (χ1v) is 41.7. The Bertz CT molecular complexity index is 2550. The molecule has 0 aromatic rings. The van der Waals surface area contributed by atoms with Crippen LogP contribution >= 0.6 is 15.6 Å². The monoisotopic (exact) mass is 1470 g/mol. The number of phosphoric ester groups is 2. The van der Waals surface area contributed by atoms with Crippen molar-refractivity contribution in [3.63, 3.8) is 0 Å². The lowest BCUT2D eigenvalue weighted by Gasteiger charge is -2.21. The summed E-state index contributed by atoms with van der Waals surface area (Å²) in [5, 5.41) is 10.6. The summed E-state index contributed by atoms with van der Waals surface area (Å²) in [5.74, 6) is -2.34. The molecule has 580 valence electrons. The maximum Gasteiger partial charge on any atom is 0.472 e. The van der Waals surface area contributed by atoms with E-state index in [4.69, 9.17) is 37.0 Å². The van der Waals surface area contributed by atoms with Crippen molar-refractivity contribution in [2.45, 2.75) is 303 Å². The third-order valence-corrected chi connectivity index (χ3v) is 17.4. The molecule has 0 aliphatic carbocycles. The maximum atomic E-state index is 13.1. The van der Waals surface area contributed by atoms with Gasteiger partial charge in [0.25, 0.3) is 0 Å². The van der Waals surface area contributed by atoms with Crippen LogP contribution in [0.1, 0.15) is 285 Å². The predicted octanol–water partition coefficient (Wildman–Crippen LogP) is 22.4. The van der Waals surface area contributed by atoms with E-state index >= 15 is 0 Å². The minimum atomic E-state index is -5.00. The number of ether oxygens (including phenoxy) is 4. The number of hydrogen-bond acceptors (Lipinski definition) is 15. The van der Waals surface area contributed by atoms with Gasteiger partial charge < -0.3 is 33.8 Å². The zero-order valence-electron chi connectivity index (χ0n) is 63.2. The molecular weight excluding hydrogens is 1330 g/mol. The van der Waals surface area contributed by atoms with Crippen LogP contribution in [0.15, 0.2) is 158 Å². The van der Waals surface area contributed by atoms with Crippen molar-refractivity contribution >= 4 is 39.5 Å². The number of hydrogen-bond donors (Lipinski definition) is 3. The third-order valence-electron chi connectivity index (χ3n) is 15.5. The van der Waals surface area contributed by atoms with E-state index in [-0.39, 0.29) is 25.7 Å². The van der Waals surface area contributed by atoms with E-state index in [9.17, 15) is 43.2 Å². The van der Waals surface area contributed by atoms with Crippen molar-refractivity contribution in [3.05, 3.63) is 158 Å². The number of unbranched alkanes of at least 4 members (excludes halogenated alkanes) is 19. The van der Waals surface area contributed by atoms with Gasteiger partial charge in [0.15, 0.2) is 12.2 Å². The molecule has 0 aliphatic heterocycles. The van der Waals surface area contributed by atoms with Crippen molar-refractivity contribution < 1.29 is 80.2 Å². The number of aliphatic hydroxyl groups is 1. The largest absolute Gasteiger partial charge is 0.472 e. The zero-order chi connectivity index (χ0) is 74.6. The van der Waals surface area contributed by atoms with Crippen molar-refractivity contribution in [1.82, 2.24) is 0 Å². The van der Waals surface area contributed by atoms with Crippen molar-refractivity contribution in [3.8, 4) is 0 Å². The van der Waals surface area contributed by atoms with E-state index in [0.717, 1.165) is 167 Å². The molecule has 0 amide bonds. The third kappa shape index (κ3) is 73.0. The number of esters is 4. The molecule has 17 nitrogen and oxygen atoms in total. The van der Waals surface area contributed by atoms with Crippen LogP contribution in [-0.4, -0.2) is 96.7 Å². The molecule has 0 saturated carbocycles. The zero-order valence-corrected chi connectivity index (χ0v) is 65.0. The molecule has 0 aromatic carbocycles. The SMILES string of the molecule is CC/C=C\C/C=C\C/C=C\C/C=C\C/C=C\C/C=C\CCC(=O)OCC(COP(=O)(O)OCC(O)COP(=O)(O)OCC(COC(=O)CCCCC/C=C\C/C=C\C/C=C\C/C=C\C/C=C\CC)OC(=O)CCCCCCC/C=C\CCCCCC)OC(=O)CCCCCCC/C=C\CCCC. The molecule has 19 heteroatoms. The molecule has 5 atom stereocenters. The summed E-state index contributed by atoms with van der Waals surface area (Å²) >= 11 is 0. The fourth-order valence-corrected chi connectivity index (χ4v) is 11.2. The Morgan fingerprint density at radius 1 is 0.284 bits per heavy atom. The van der Waals surface area contributed by atoms with Gasteiger partial charge >= 0.3 is 39.5 Å². The van der Waals surface area contributed by atoms with E-state index in [1.54, 1.807) is 0 Å². The molecule has 0 spiro atoms. The van der Waals surface area contributed by atoms with Crippen LogP contribution in [0.25, 0.3) is 0 Å². The minimum Gasteiger partial charge on any atom is -0.462 e. The predicted molar refractivity (Wildman–Crippen MR) is 417 cm³/mol. The average Bonchev–Trinajstić information content (AvgIpc) is 0.928. The Morgan fingerprint density at radius 3 is 0.892 bits per heavy atom. The second-order valence-electron chi connectivity index (χ2n) is 25.2. The molecule has 0 rings (SSSR count). The molecule has 0 fully saturated rings. The van der Waals surface area contributed by atoms with Crippen LogP contribution in [0, 0.1) is 0 Å². The van der Waals surface area contributed by atoms with Gasteiger partial charge in [-0.2, -0.15) is 0 Å². The quantitative estimate of drug-likeness (QED) is 0.0169. The number of allylic oxidation sites excluding steroid dienone is 26. The fourth-order valence-electron chi connectivity index (χ4n) is 9.60. The second kappa shape index (κ2) is 74.0. The van der Waals surface area contributed by atoms with Crippen LogP contribution in [0.2, 0.25) is 0 Å². The molecule has 0 aromatic heterocycles. The van der Waals surface area contributed by atoms with Crippen LogP contribution < -0.4 is 0 Å². The van der Waals surface area contributed by atoms with Gasteiger partial charge in [0.05, 0.1) is 26.4 Å². The summed E-state index contributed by atoms with van der Waals surface area (Å²) in [5.41, 5.74) is 0. The highest BCUT2D eigenvalue weighted by atomic mass is 31.2. The molecule has 0 saturated heterocycles. The van der Waals surface area contributed by atoms with Gasteiger partial charge in [-0.05, 0) is 154 Å². The van der Waals surface area contributed by atoms with Gasteiger partial charge in [-0.25, -0.2) is 9.13 Å². The molecule has 102 heavy (non-hydrogen) atoms. The Balaban J connectivity index is 5.41. The van der Waals surface area contributed by atoms with E-state index in [1.807, 2.05) is 18.2 Å². The fraction of sp³-hybridized carbons (Fsp3) is 0.639. The van der Waals surface area contributed by atoms with Gasteiger partial charge in [0, 0.05) is 25.7 Å². The molecular formula is C83H136O17P2. The highest BCUT2D eigenvalue weighted by Gasteiger charge is 2.30. The highest BCUT2D eigenvalue weighted by Crippen LogP contribution is 2.45. The van der Waals surface area contributed by atoms with Gasteiger partial charge in [0.2, 0.25) is 0 Å². The lowest BCUT2D eigenvalue weighted by atomic mass is 10.1. The van der Waals surface area contributed by atoms with Crippen LogP contribution in [0.4, 0.5) is 0 Å². The van der Waals surface area contributed by atoms with Crippen LogP contribution in [0.3, 0.4) is 0 Å². The normalized spacial score (nSPS) is 14.8. The van der Waals surface area contributed by atoms with E-state index < -0.39 is 97.5 Å². The lowest BCUT2D eigenvalue weighted by Crippen LogP contribution is -2.30. The molecule has 0 aliphatic rings. The molecule has 3 N–H and O–H groups in total. The first-order chi connectivity index (χ1) is 49.7. The maximum absolute atomic E-state index is 13.1. The van der Waals surface area contributed by atoms with Crippen molar-refractivity contribution in [1.29, 1.82) is 0 Å². The van der Waals surface area contributed by atoms with Gasteiger partial charge in [-0.15, -0.1) is 0 Å². The summed E-state index contributed by atoms with van der Waals surface area (Å²) < 4.78 is 68.3. The van der Waals surface area contributed by atoms with E-state index in [2.05, 4.69) is 167 Å². The molecule has 0 bridgehead atoms. The topological polar surface area (TPSA) is 237 Å². The molecule has 0 heterocycles. The lowest BCUT2D eigenvalue weighted by molar-refractivity contribution is -0.161. The van der Waals surface area contributed by atoms with Crippen molar-refractivity contribution in [2.24, 2.45) is 0 Å². The Labute approximate surface area is 617 Å². The second-order valence-corrected chi connectivity index (χ2v) is 28.1. The number of phosphoric acid groups is 2. The number of carbonyl (C=O) groups excluding carboxylic acids is 4. The first-order valence-electron chi connectivity index (χ1n) is 38.7. The van der Waals surface area contributed by atoms with Gasteiger partial charge in [-0.1, -0.05) is 263 Å². The van der Waals surface area contributed by atoms with E-state index in [0.29, 0.717) is 32.1 Å². The van der Waals surface area contributed by atoms with Crippen LogP contribution in [-0.2, 0) is 65.4 Å². The highest BCUT2D eigenvalue weighted by molar-refractivity contribution is 7.47. The first kappa shape index (κ1) is 96.7. The average molecular weight is 1470 g/mol. The number of rotatable bonds is 71. The summed E-state index contributed by atoms with van der Waals surface area (Å²) in [6, 6.07) is 0. The number of aliphatic hydroxyl groups excluding tert-OH is 1. The molecule has 0 radical (unpaired) electrons. The number of carbonyl (C=O) groups is 4.